The van der Waals surface area contributed by atoms with Gasteiger partial charge in [0.1, 0.15) is 13.2 Å². The van der Waals surface area contributed by atoms with Crippen LogP contribution in [0.1, 0.15) is 24.3 Å². The monoisotopic (exact) mass is 419 g/mol. The van der Waals surface area contributed by atoms with Gasteiger partial charge in [0.25, 0.3) is 5.91 Å². The zero-order valence-electron chi connectivity index (χ0n) is 16.1. The van der Waals surface area contributed by atoms with Crippen molar-refractivity contribution in [2.45, 2.75) is 26.7 Å². The summed E-state index contributed by atoms with van der Waals surface area (Å²) < 4.78 is 24.5. The molecule has 0 unspecified atom stereocenters. The molecule has 10 nitrogen and oxygen atoms in total. The summed E-state index contributed by atoms with van der Waals surface area (Å²) >= 11 is 1.35. The molecule has 154 valence electrons. The van der Waals surface area contributed by atoms with Crippen molar-refractivity contribution in [1.82, 2.24) is 20.0 Å². The summed E-state index contributed by atoms with van der Waals surface area (Å²) in [6, 6.07) is 3.68. The Morgan fingerprint density at radius 1 is 1.24 bits per heavy atom. The van der Waals surface area contributed by atoms with Gasteiger partial charge in [-0.15, -0.1) is 5.10 Å². The van der Waals surface area contributed by atoms with Crippen LogP contribution in [0.2, 0.25) is 0 Å². The van der Waals surface area contributed by atoms with E-state index in [2.05, 4.69) is 20.6 Å². The smallest absolute Gasteiger partial charge is 0.279 e. The predicted octanol–water partition coefficient (Wildman–Crippen LogP) is 2.31. The molecule has 1 N–H and O–H groups in total. The fourth-order valence-corrected chi connectivity index (χ4v) is 3.72. The highest BCUT2D eigenvalue weighted by Gasteiger charge is 2.18. The molecule has 3 heterocycles. The predicted molar refractivity (Wildman–Crippen MR) is 106 cm³/mol. The van der Waals surface area contributed by atoms with E-state index in [1.54, 1.807) is 6.20 Å². The van der Waals surface area contributed by atoms with Gasteiger partial charge >= 0.3 is 0 Å². The Kier molecular flexibility index (Phi) is 5.88. The van der Waals surface area contributed by atoms with Gasteiger partial charge in [-0.05, 0) is 13.8 Å². The summed E-state index contributed by atoms with van der Waals surface area (Å²) in [7, 11) is 0. The van der Waals surface area contributed by atoms with Crippen molar-refractivity contribution in [1.29, 1.82) is 0 Å². The van der Waals surface area contributed by atoms with Crippen LogP contribution in [-0.2, 0) is 16.0 Å². The van der Waals surface area contributed by atoms with Crippen molar-refractivity contribution in [3.05, 3.63) is 24.0 Å². The molecule has 0 aliphatic carbocycles. The number of fused-ring (bicyclic) bond motifs is 2. The number of carbonyl (C=O) groups is 1. The van der Waals surface area contributed by atoms with Crippen molar-refractivity contribution >= 4 is 32.6 Å². The minimum Gasteiger partial charge on any atom is -0.486 e. The Labute approximate surface area is 170 Å². The van der Waals surface area contributed by atoms with Gasteiger partial charge in [-0.3, -0.25) is 10.1 Å². The van der Waals surface area contributed by atoms with Crippen molar-refractivity contribution in [3.8, 4) is 11.5 Å². The number of hydrogen-bond acceptors (Lipinski definition) is 9. The molecule has 0 fully saturated rings. The normalized spacial score (nSPS) is 13.2. The third-order valence-corrected chi connectivity index (χ3v) is 5.02. The second kappa shape index (κ2) is 8.72. The number of aromatic nitrogens is 4. The van der Waals surface area contributed by atoms with E-state index in [9.17, 15) is 4.79 Å². The lowest BCUT2D eigenvalue weighted by Crippen LogP contribution is -2.24. The molecule has 1 aliphatic rings. The quantitative estimate of drug-likeness (QED) is 0.554. The lowest BCUT2D eigenvalue weighted by Gasteiger charge is -2.17. The number of ether oxygens (including phenoxy) is 4. The molecule has 29 heavy (non-hydrogen) atoms. The molecular formula is C18H21N5O5S. The molecule has 0 radical (unpaired) electrons. The molecule has 1 aliphatic heterocycles. The van der Waals surface area contributed by atoms with E-state index in [-0.39, 0.29) is 5.69 Å². The van der Waals surface area contributed by atoms with Crippen molar-refractivity contribution in [2.75, 3.05) is 31.7 Å². The second-order valence-corrected chi connectivity index (χ2v) is 7.13. The van der Waals surface area contributed by atoms with Crippen LogP contribution >= 0.6 is 11.3 Å². The Bertz CT molecular complexity index is 955. The molecule has 0 saturated carbocycles. The second-order valence-electron chi connectivity index (χ2n) is 6.10. The molecule has 1 aromatic carbocycles. The molecule has 3 aromatic rings. The number of nitrogens with one attached hydrogen (secondary N) is 1. The average Bonchev–Trinajstić information content (AvgIpc) is 3.32. The van der Waals surface area contributed by atoms with Crippen LogP contribution in [0.4, 0.5) is 5.13 Å². The number of hydrogen-bond donors (Lipinski definition) is 1. The first-order chi connectivity index (χ1) is 14.2. The summed E-state index contributed by atoms with van der Waals surface area (Å²) in [4.78, 5) is 17.0. The van der Waals surface area contributed by atoms with E-state index >= 15 is 0 Å². The molecule has 2 aromatic heterocycles. The van der Waals surface area contributed by atoms with Crippen molar-refractivity contribution in [3.63, 3.8) is 0 Å². The fraction of sp³-hybridized carbons (Fsp3) is 0.444. The maximum atomic E-state index is 12.5. The minimum atomic E-state index is -0.442. The Morgan fingerprint density at radius 3 is 2.69 bits per heavy atom. The molecule has 11 heteroatoms. The zero-order chi connectivity index (χ0) is 20.2. The Morgan fingerprint density at radius 2 is 1.97 bits per heavy atom. The number of carbonyl (C=O) groups excluding carboxylic acids is 1. The van der Waals surface area contributed by atoms with E-state index in [4.69, 9.17) is 18.9 Å². The van der Waals surface area contributed by atoms with Gasteiger partial charge in [-0.1, -0.05) is 16.6 Å². The van der Waals surface area contributed by atoms with Gasteiger partial charge in [0.2, 0.25) is 0 Å². The number of anilines is 1. The van der Waals surface area contributed by atoms with Crippen molar-refractivity contribution < 1.29 is 23.7 Å². The summed E-state index contributed by atoms with van der Waals surface area (Å²) in [5.41, 5.74) is 0.913. The average molecular weight is 419 g/mol. The van der Waals surface area contributed by atoms with Gasteiger partial charge in [0, 0.05) is 25.3 Å². The van der Waals surface area contributed by atoms with E-state index in [0.717, 1.165) is 10.2 Å². The lowest BCUT2D eigenvalue weighted by atomic mass is 10.3. The van der Waals surface area contributed by atoms with Crippen molar-refractivity contribution in [2.24, 2.45) is 0 Å². The first-order valence-electron chi connectivity index (χ1n) is 9.31. The molecule has 0 bridgehead atoms. The van der Waals surface area contributed by atoms with Crippen LogP contribution < -0.4 is 14.8 Å². The summed E-state index contributed by atoms with van der Waals surface area (Å²) in [5.74, 6) is 0.955. The molecule has 0 saturated heterocycles. The number of nitrogens with zero attached hydrogens (tertiary/aromatic N) is 4. The summed E-state index contributed by atoms with van der Waals surface area (Å²) in [6.07, 6.45) is 1.11. The number of amides is 1. The molecule has 0 spiro atoms. The van der Waals surface area contributed by atoms with Crippen LogP contribution in [0, 0.1) is 0 Å². The first-order valence-corrected chi connectivity index (χ1v) is 10.1. The van der Waals surface area contributed by atoms with E-state index in [0.29, 0.717) is 49.6 Å². The Hall–Kier alpha value is -2.76. The molecule has 0 atom stereocenters. The van der Waals surface area contributed by atoms with Gasteiger partial charge < -0.3 is 18.9 Å². The minimum absolute atomic E-state index is 0.182. The molecule has 1 amide bonds. The van der Waals surface area contributed by atoms with Crippen LogP contribution in [0.3, 0.4) is 0 Å². The highest BCUT2D eigenvalue weighted by atomic mass is 32.1. The van der Waals surface area contributed by atoms with Gasteiger partial charge in [-0.2, -0.15) is 0 Å². The van der Waals surface area contributed by atoms with Gasteiger partial charge in [0.05, 0.1) is 23.0 Å². The number of rotatable bonds is 8. The zero-order valence-corrected chi connectivity index (χ0v) is 16.9. The molecule has 4 rings (SSSR count). The maximum absolute atomic E-state index is 12.5. The van der Waals surface area contributed by atoms with E-state index in [1.165, 1.54) is 16.0 Å². The summed E-state index contributed by atoms with van der Waals surface area (Å²) in [6.45, 7) is 6.18. The third-order valence-electron chi connectivity index (χ3n) is 4.09. The molecular weight excluding hydrogens is 398 g/mol. The lowest BCUT2D eigenvalue weighted by molar-refractivity contribution is -0.145. The van der Waals surface area contributed by atoms with E-state index < -0.39 is 12.2 Å². The topological polar surface area (TPSA) is 110 Å². The first kappa shape index (κ1) is 19.6. The fourth-order valence-electron chi connectivity index (χ4n) is 2.85. The number of benzene rings is 1. The van der Waals surface area contributed by atoms with Gasteiger partial charge in [-0.25, -0.2) is 9.67 Å². The Balaban J connectivity index is 1.44. The maximum Gasteiger partial charge on any atom is 0.279 e. The van der Waals surface area contributed by atoms with Crippen LogP contribution in [0.5, 0.6) is 11.5 Å². The van der Waals surface area contributed by atoms with Crippen LogP contribution in [-0.4, -0.2) is 58.6 Å². The standard InChI is InChI=1S/C18H21N5O5S/c1-3-25-16(26-4-2)10-23-9-12(21-22-23)17(24)20-18-19-11-7-13-14(8-15(11)29-18)28-6-5-27-13/h7-9,16H,3-6,10H2,1-2H3,(H,19,20,24). The largest absolute Gasteiger partial charge is 0.486 e. The van der Waals surface area contributed by atoms with Crippen LogP contribution in [0.25, 0.3) is 10.2 Å². The van der Waals surface area contributed by atoms with Gasteiger partial charge in [0.15, 0.2) is 28.6 Å². The third kappa shape index (κ3) is 4.47. The SMILES string of the molecule is CCOC(Cn1cc(C(=O)Nc2nc3cc4c(cc3s2)OCCO4)nn1)OCC. The highest BCUT2D eigenvalue weighted by Crippen LogP contribution is 2.37. The highest BCUT2D eigenvalue weighted by molar-refractivity contribution is 7.22. The number of thiazole rings is 1. The van der Waals surface area contributed by atoms with E-state index in [1.807, 2.05) is 26.0 Å². The summed E-state index contributed by atoms with van der Waals surface area (Å²) in [5, 5.41) is 11.1. The van der Waals surface area contributed by atoms with Crippen LogP contribution in [0.15, 0.2) is 18.3 Å².